The number of hydrogen-bond acceptors (Lipinski definition) is 4. The van der Waals surface area contributed by atoms with Crippen LogP contribution in [0.5, 0.6) is 0 Å². The summed E-state index contributed by atoms with van der Waals surface area (Å²) in [5.41, 5.74) is 1.98. The predicted octanol–water partition coefficient (Wildman–Crippen LogP) is 2.25. The Morgan fingerprint density at radius 3 is 2.92 bits per heavy atom. The van der Waals surface area contributed by atoms with Crippen molar-refractivity contribution in [3.05, 3.63) is 29.0 Å². The molecule has 0 saturated heterocycles. The number of carboxylic acid groups (broad SMARTS) is 1. The van der Waals surface area contributed by atoms with Crippen molar-refractivity contribution in [1.29, 1.82) is 0 Å². The largest absolute Gasteiger partial charge is 0.480 e. The molecule has 1 saturated carbocycles. The molecule has 0 atom stereocenters. The van der Waals surface area contributed by atoms with Gasteiger partial charge in [0.25, 0.3) is 0 Å². The third-order valence-electron chi connectivity index (χ3n) is 4.86. The normalized spacial score (nSPS) is 20.5. The third-order valence-corrected chi connectivity index (χ3v) is 5.09. The number of halogens is 1. The van der Waals surface area contributed by atoms with Crippen LogP contribution in [0.4, 0.5) is 0 Å². The van der Waals surface area contributed by atoms with Gasteiger partial charge < -0.3 is 15.0 Å². The molecule has 1 heterocycles. The van der Waals surface area contributed by atoms with E-state index in [0.29, 0.717) is 23.7 Å². The standard InChI is InChI=1S/C17H23ClN4O2/c1-3-22(10-17(23)24)13-7-12(8-13)19-9-16-20-14-6-11(18)4-5-15(14)21(16)2/h4-6,12-13,19H,3,7-10H2,1-2H3,(H,23,24). The summed E-state index contributed by atoms with van der Waals surface area (Å²) in [5, 5.41) is 13.2. The summed E-state index contributed by atoms with van der Waals surface area (Å²) in [4.78, 5) is 17.5. The minimum atomic E-state index is -0.758. The van der Waals surface area contributed by atoms with E-state index in [1.165, 1.54) is 0 Å². The summed E-state index contributed by atoms with van der Waals surface area (Å²) in [7, 11) is 2.01. The molecule has 1 aliphatic carbocycles. The number of carboxylic acids is 1. The van der Waals surface area contributed by atoms with E-state index in [0.717, 1.165) is 36.2 Å². The number of rotatable bonds is 7. The van der Waals surface area contributed by atoms with Crippen LogP contribution in [0.3, 0.4) is 0 Å². The lowest BCUT2D eigenvalue weighted by Crippen LogP contribution is -2.53. The molecule has 1 aromatic heterocycles. The Hall–Kier alpha value is -1.63. The fourth-order valence-corrected chi connectivity index (χ4v) is 3.51. The van der Waals surface area contributed by atoms with E-state index in [1.807, 2.05) is 37.1 Å². The van der Waals surface area contributed by atoms with Gasteiger partial charge in [0, 0.05) is 24.2 Å². The Labute approximate surface area is 146 Å². The number of hydrogen-bond donors (Lipinski definition) is 2. The molecule has 2 N–H and O–H groups in total. The SMILES string of the molecule is CCN(CC(=O)O)C1CC(NCc2nc3cc(Cl)ccc3n2C)C1. The Balaban J connectivity index is 1.54. The van der Waals surface area contributed by atoms with Gasteiger partial charge in [-0.05, 0) is 37.6 Å². The zero-order valence-corrected chi connectivity index (χ0v) is 14.8. The maximum absolute atomic E-state index is 10.9. The van der Waals surface area contributed by atoms with Crippen LogP contribution in [0.15, 0.2) is 18.2 Å². The number of nitrogens with zero attached hydrogens (tertiary/aromatic N) is 3. The molecule has 7 heteroatoms. The lowest BCUT2D eigenvalue weighted by Gasteiger charge is -2.42. The van der Waals surface area contributed by atoms with Crippen LogP contribution >= 0.6 is 11.6 Å². The van der Waals surface area contributed by atoms with E-state index in [-0.39, 0.29) is 6.54 Å². The highest BCUT2D eigenvalue weighted by Gasteiger charge is 2.33. The highest BCUT2D eigenvalue weighted by Crippen LogP contribution is 2.26. The van der Waals surface area contributed by atoms with Crippen LogP contribution in [0, 0.1) is 0 Å². The van der Waals surface area contributed by atoms with Crippen molar-refractivity contribution in [2.24, 2.45) is 7.05 Å². The number of fused-ring (bicyclic) bond motifs is 1. The Bertz CT molecular complexity index is 740. The first kappa shape index (κ1) is 17.2. The summed E-state index contributed by atoms with van der Waals surface area (Å²) in [6.07, 6.45) is 1.97. The molecule has 6 nitrogen and oxygen atoms in total. The van der Waals surface area contributed by atoms with Gasteiger partial charge in [0.05, 0.1) is 24.1 Å². The van der Waals surface area contributed by atoms with Gasteiger partial charge in [-0.15, -0.1) is 0 Å². The van der Waals surface area contributed by atoms with Crippen LogP contribution in [-0.4, -0.2) is 50.7 Å². The molecular weight excluding hydrogens is 328 g/mol. The number of likely N-dealkylation sites (N-methyl/N-ethyl adjacent to an activating group) is 1. The molecule has 24 heavy (non-hydrogen) atoms. The fraction of sp³-hybridized carbons (Fsp3) is 0.529. The Morgan fingerprint density at radius 2 is 2.25 bits per heavy atom. The smallest absolute Gasteiger partial charge is 0.317 e. The first-order chi connectivity index (χ1) is 11.5. The molecule has 2 aromatic rings. The molecule has 0 radical (unpaired) electrons. The van der Waals surface area contributed by atoms with Gasteiger partial charge in [0.15, 0.2) is 0 Å². The van der Waals surface area contributed by atoms with Gasteiger partial charge in [-0.1, -0.05) is 18.5 Å². The van der Waals surface area contributed by atoms with E-state index >= 15 is 0 Å². The lowest BCUT2D eigenvalue weighted by molar-refractivity contribution is -0.139. The van der Waals surface area contributed by atoms with Crippen LogP contribution in [-0.2, 0) is 18.4 Å². The van der Waals surface area contributed by atoms with Crippen molar-refractivity contribution < 1.29 is 9.90 Å². The number of nitrogens with one attached hydrogen (secondary N) is 1. The highest BCUT2D eigenvalue weighted by atomic mass is 35.5. The molecule has 130 valence electrons. The van der Waals surface area contributed by atoms with E-state index in [9.17, 15) is 4.79 Å². The minimum absolute atomic E-state index is 0.124. The molecular formula is C17H23ClN4O2. The van der Waals surface area contributed by atoms with Crippen LogP contribution in [0.25, 0.3) is 11.0 Å². The average molecular weight is 351 g/mol. The molecule has 1 aliphatic rings. The summed E-state index contributed by atoms with van der Waals surface area (Å²) >= 11 is 6.02. The molecule has 3 rings (SSSR count). The molecule has 0 aliphatic heterocycles. The summed E-state index contributed by atoms with van der Waals surface area (Å²) in [5.74, 6) is 0.222. The highest BCUT2D eigenvalue weighted by molar-refractivity contribution is 6.31. The molecule has 0 bridgehead atoms. The molecule has 0 spiro atoms. The third kappa shape index (κ3) is 3.55. The molecule has 1 fully saturated rings. The van der Waals surface area contributed by atoms with Gasteiger partial charge >= 0.3 is 5.97 Å². The van der Waals surface area contributed by atoms with Crippen LogP contribution in [0.2, 0.25) is 5.02 Å². The second-order valence-corrected chi connectivity index (χ2v) is 6.82. The van der Waals surface area contributed by atoms with Crippen molar-refractivity contribution >= 4 is 28.6 Å². The van der Waals surface area contributed by atoms with Gasteiger partial charge in [0.1, 0.15) is 5.82 Å². The Morgan fingerprint density at radius 1 is 1.50 bits per heavy atom. The van der Waals surface area contributed by atoms with E-state index in [1.54, 1.807) is 0 Å². The summed E-state index contributed by atoms with van der Waals surface area (Å²) in [6.45, 7) is 3.61. The predicted molar refractivity (Wildman–Crippen MR) is 94.3 cm³/mol. The average Bonchev–Trinajstić information content (AvgIpc) is 2.79. The number of carbonyl (C=O) groups is 1. The van der Waals surface area contributed by atoms with Crippen LogP contribution < -0.4 is 5.32 Å². The zero-order valence-electron chi connectivity index (χ0n) is 14.0. The molecule has 0 amide bonds. The van der Waals surface area contributed by atoms with E-state index in [4.69, 9.17) is 16.7 Å². The first-order valence-corrected chi connectivity index (χ1v) is 8.65. The Kier molecular flexibility index (Phi) is 5.08. The van der Waals surface area contributed by atoms with E-state index < -0.39 is 5.97 Å². The number of aryl methyl sites for hydroxylation is 1. The quantitative estimate of drug-likeness (QED) is 0.801. The lowest BCUT2D eigenvalue weighted by atomic mass is 9.85. The summed E-state index contributed by atoms with van der Waals surface area (Å²) < 4.78 is 2.08. The molecule has 0 unspecified atom stereocenters. The van der Waals surface area contributed by atoms with Gasteiger partial charge in [-0.25, -0.2) is 4.98 Å². The number of benzene rings is 1. The topological polar surface area (TPSA) is 70.4 Å². The number of aliphatic carboxylic acids is 1. The fourth-order valence-electron chi connectivity index (χ4n) is 3.34. The maximum Gasteiger partial charge on any atom is 0.317 e. The minimum Gasteiger partial charge on any atom is -0.480 e. The van der Waals surface area contributed by atoms with Crippen molar-refractivity contribution in [2.45, 2.75) is 38.4 Å². The number of imidazole rings is 1. The van der Waals surface area contributed by atoms with Gasteiger partial charge in [-0.2, -0.15) is 0 Å². The zero-order chi connectivity index (χ0) is 17.3. The van der Waals surface area contributed by atoms with Gasteiger partial charge in [0.2, 0.25) is 0 Å². The monoisotopic (exact) mass is 350 g/mol. The van der Waals surface area contributed by atoms with Gasteiger partial charge in [-0.3, -0.25) is 9.69 Å². The van der Waals surface area contributed by atoms with Crippen molar-refractivity contribution in [2.75, 3.05) is 13.1 Å². The second-order valence-electron chi connectivity index (χ2n) is 6.38. The summed E-state index contributed by atoms with van der Waals surface area (Å²) in [6, 6.07) is 6.52. The van der Waals surface area contributed by atoms with Crippen molar-refractivity contribution in [3.63, 3.8) is 0 Å². The van der Waals surface area contributed by atoms with Crippen molar-refractivity contribution in [3.8, 4) is 0 Å². The van der Waals surface area contributed by atoms with Crippen LogP contribution in [0.1, 0.15) is 25.6 Å². The van der Waals surface area contributed by atoms with Crippen molar-refractivity contribution in [1.82, 2.24) is 19.8 Å². The second kappa shape index (κ2) is 7.09. The first-order valence-electron chi connectivity index (χ1n) is 8.28. The maximum atomic E-state index is 10.9. The van der Waals surface area contributed by atoms with E-state index in [2.05, 4.69) is 14.9 Å². The number of aromatic nitrogens is 2. The molecule has 1 aromatic carbocycles.